The minimum Gasteiger partial charge on any atom is -0.309 e. The average Bonchev–Trinajstić information content (AvgIpc) is 3.94. The first-order valence-electron chi connectivity index (χ1n) is 19.2. The highest BCUT2D eigenvalue weighted by molar-refractivity contribution is 7.25. The van der Waals surface area contributed by atoms with Gasteiger partial charge in [0.2, 0.25) is 5.95 Å². The molecule has 0 fully saturated rings. The van der Waals surface area contributed by atoms with Crippen LogP contribution in [0.1, 0.15) is 0 Å². The fraction of sp³-hybridized carbons (Fsp3) is 0. The number of fused-ring (bicyclic) bond motifs is 9. The van der Waals surface area contributed by atoms with E-state index in [2.05, 4.69) is 191 Å². The zero-order valence-electron chi connectivity index (χ0n) is 30.7. The summed E-state index contributed by atoms with van der Waals surface area (Å²) in [5.41, 5.74) is 11.9. The fourth-order valence-electron chi connectivity index (χ4n) is 8.70. The molecule has 8 aromatic carbocycles. The Hall–Kier alpha value is -7.34. The van der Waals surface area contributed by atoms with Crippen LogP contribution in [0, 0.1) is 0 Å². The quantitative estimate of drug-likeness (QED) is 0.176. The summed E-state index contributed by atoms with van der Waals surface area (Å²) in [5.74, 6) is 0.646. The van der Waals surface area contributed by atoms with E-state index in [0.29, 0.717) is 5.95 Å². The highest BCUT2D eigenvalue weighted by Gasteiger charge is 2.19. The maximum Gasteiger partial charge on any atom is 0.235 e. The Kier molecular flexibility index (Phi) is 7.06. The van der Waals surface area contributed by atoms with Gasteiger partial charge < -0.3 is 4.57 Å². The van der Waals surface area contributed by atoms with Crippen molar-refractivity contribution in [3.05, 3.63) is 194 Å². The molecule has 4 aromatic heterocycles. The molecular formula is C52H32N4S. The zero-order valence-corrected chi connectivity index (χ0v) is 31.5. The first-order valence-corrected chi connectivity index (χ1v) is 20.1. The standard InChI is InChI=1S/C52H32N4S/c1-3-13-33(14-4-1)44-32-45(34-15-5-2-6-16-34)54-52(53-44)56-47-21-11-7-17-38(47)40-26-23-36(30-49(40)56)35-24-27-48-42(29-35)39-18-8-10-20-46(39)55(48)37-25-28-51-43(31-37)41-19-9-12-22-50(41)57-51/h1-32H. The fourth-order valence-corrected chi connectivity index (χ4v) is 9.78. The number of hydrogen-bond acceptors (Lipinski definition) is 3. The van der Waals surface area contributed by atoms with Gasteiger partial charge in [-0.15, -0.1) is 11.3 Å². The van der Waals surface area contributed by atoms with Crippen molar-refractivity contribution >= 4 is 75.1 Å². The van der Waals surface area contributed by atoms with Gasteiger partial charge in [-0.3, -0.25) is 4.57 Å². The highest BCUT2D eigenvalue weighted by Crippen LogP contribution is 2.40. The number of aromatic nitrogens is 4. The summed E-state index contributed by atoms with van der Waals surface area (Å²) in [6.45, 7) is 0. The molecule has 0 aliphatic rings. The minimum absolute atomic E-state index is 0.646. The third-order valence-corrected chi connectivity index (χ3v) is 12.5. The topological polar surface area (TPSA) is 35.6 Å². The molecule has 4 heterocycles. The van der Waals surface area contributed by atoms with Crippen molar-refractivity contribution in [2.45, 2.75) is 0 Å². The SMILES string of the molecule is c1ccc(-c2cc(-c3ccccc3)nc(-n3c4ccccc4c4ccc(-c5ccc6c(c5)c5ccccc5n6-c5ccc6sc7ccccc7c6c5)cc43)n2)cc1. The van der Waals surface area contributed by atoms with E-state index < -0.39 is 0 Å². The molecule has 57 heavy (non-hydrogen) atoms. The predicted molar refractivity (Wildman–Crippen MR) is 240 cm³/mol. The Morgan fingerprint density at radius 1 is 0.316 bits per heavy atom. The Morgan fingerprint density at radius 3 is 1.60 bits per heavy atom. The minimum atomic E-state index is 0.646. The van der Waals surface area contributed by atoms with Gasteiger partial charge in [0, 0.05) is 58.5 Å². The van der Waals surface area contributed by atoms with Crippen molar-refractivity contribution < 1.29 is 0 Å². The van der Waals surface area contributed by atoms with Crippen molar-refractivity contribution in [1.82, 2.24) is 19.1 Å². The second kappa shape index (κ2) is 12.6. The van der Waals surface area contributed by atoms with Gasteiger partial charge in [0.05, 0.1) is 33.5 Å². The third kappa shape index (κ3) is 5.06. The van der Waals surface area contributed by atoms with Crippen LogP contribution in [-0.4, -0.2) is 19.1 Å². The summed E-state index contributed by atoms with van der Waals surface area (Å²) in [4.78, 5) is 10.5. The van der Waals surface area contributed by atoms with Crippen LogP contribution in [0.4, 0.5) is 0 Å². The second-order valence-corrected chi connectivity index (χ2v) is 15.7. The van der Waals surface area contributed by atoms with E-state index in [4.69, 9.17) is 9.97 Å². The molecule has 5 heteroatoms. The summed E-state index contributed by atoms with van der Waals surface area (Å²) >= 11 is 1.86. The Morgan fingerprint density at radius 2 is 0.860 bits per heavy atom. The summed E-state index contributed by atoms with van der Waals surface area (Å²) in [7, 11) is 0. The lowest BCUT2D eigenvalue weighted by Gasteiger charge is -2.12. The molecule has 0 saturated heterocycles. The molecule has 0 aliphatic heterocycles. The van der Waals surface area contributed by atoms with E-state index in [-0.39, 0.29) is 0 Å². The molecule has 12 aromatic rings. The molecule has 12 rings (SSSR count). The lowest BCUT2D eigenvalue weighted by Crippen LogP contribution is -2.04. The summed E-state index contributed by atoms with van der Waals surface area (Å²) in [5, 5.41) is 7.41. The zero-order chi connectivity index (χ0) is 37.5. The van der Waals surface area contributed by atoms with E-state index >= 15 is 0 Å². The van der Waals surface area contributed by atoms with Crippen molar-refractivity contribution in [2.75, 3.05) is 0 Å². The van der Waals surface area contributed by atoms with E-state index in [9.17, 15) is 0 Å². The molecule has 0 saturated carbocycles. The second-order valence-electron chi connectivity index (χ2n) is 14.6. The van der Waals surface area contributed by atoms with Gasteiger partial charge in [-0.05, 0) is 71.8 Å². The number of hydrogen-bond donors (Lipinski definition) is 0. The van der Waals surface area contributed by atoms with Gasteiger partial charge in [-0.2, -0.15) is 0 Å². The summed E-state index contributed by atoms with van der Waals surface area (Å²) in [6, 6.07) is 69.6. The van der Waals surface area contributed by atoms with Gasteiger partial charge in [-0.1, -0.05) is 133 Å². The largest absolute Gasteiger partial charge is 0.309 e. The van der Waals surface area contributed by atoms with Gasteiger partial charge in [0.1, 0.15) is 0 Å². The van der Waals surface area contributed by atoms with Crippen molar-refractivity contribution in [3.8, 4) is 45.3 Å². The van der Waals surface area contributed by atoms with Gasteiger partial charge >= 0.3 is 0 Å². The molecular weight excluding hydrogens is 713 g/mol. The van der Waals surface area contributed by atoms with Gasteiger partial charge in [0.25, 0.3) is 0 Å². The maximum absolute atomic E-state index is 5.26. The van der Waals surface area contributed by atoms with E-state index in [1.54, 1.807) is 0 Å². The molecule has 266 valence electrons. The predicted octanol–water partition coefficient (Wildman–Crippen LogP) is 14.0. The number of benzene rings is 8. The molecule has 0 unspecified atom stereocenters. The number of rotatable bonds is 5. The Bertz CT molecular complexity index is 3460. The molecule has 0 radical (unpaired) electrons. The van der Waals surface area contributed by atoms with Crippen LogP contribution < -0.4 is 0 Å². The Balaban J connectivity index is 1.05. The van der Waals surface area contributed by atoms with Crippen LogP contribution in [0.2, 0.25) is 0 Å². The van der Waals surface area contributed by atoms with Crippen LogP contribution in [0.25, 0.3) is 109 Å². The molecule has 0 N–H and O–H groups in total. The van der Waals surface area contributed by atoms with Crippen LogP contribution in [0.3, 0.4) is 0 Å². The normalized spacial score (nSPS) is 11.9. The van der Waals surface area contributed by atoms with Crippen LogP contribution >= 0.6 is 11.3 Å². The van der Waals surface area contributed by atoms with Crippen LogP contribution in [0.5, 0.6) is 0 Å². The van der Waals surface area contributed by atoms with Gasteiger partial charge in [-0.25, -0.2) is 9.97 Å². The average molecular weight is 745 g/mol. The Labute approximate surface area is 332 Å². The first kappa shape index (κ1) is 32.0. The smallest absolute Gasteiger partial charge is 0.235 e. The third-order valence-electron chi connectivity index (χ3n) is 11.4. The maximum atomic E-state index is 5.26. The summed E-state index contributed by atoms with van der Waals surface area (Å²) in [6.07, 6.45) is 0. The number of thiophene rings is 1. The lowest BCUT2D eigenvalue weighted by molar-refractivity contribution is 0.996. The molecule has 0 amide bonds. The van der Waals surface area contributed by atoms with E-state index in [1.807, 2.05) is 23.5 Å². The number of para-hydroxylation sites is 2. The van der Waals surface area contributed by atoms with E-state index in [0.717, 1.165) is 44.7 Å². The summed E-state index contributed by atoms with van der Waals surface area (Å²) < 4.78 is 7.29. The van der Waals surface area contributed by atoms with Crippen molar-refractivity contribution in [2.24, 2.45) is 0 Å². The van der Waals surface area contributed by atoms with Crippen molar-refractivity contribution in [3.63, 3.8) is 0 Å². The van der Waals surface area contributed by atoms with Crippen LogP contribution in [0.15, 0.2) is 194 Å². The molecule has 4 nitrogen and oxygen atoms in total. The van der Waals surface area contributed by atoms with Gasteiger partial charge in [0.15, 0.2) is 0 Å². The molecule has 0 aliphatic carbocycles. The van der Waals surface area contributed by atoms with Crippen LogP contribution in [-0.2, 0) is 0 Å². The molecule has 0 atom stereocenters. The molecule has 0 bridgehead atoms. The molecule has 0 spiro atoms. The van der Waals surface area contributed by atoms with E-state index in [1.165, 1.54) is 58.4 Å². The number of nitrogens with zero attached hydrogens (tertiary/aromatic N) is 4. The lowest BCUT2D eigenvalue weighted by atomic mass is 10.0. The first-order chi connectivity index (χ1) is 28.2. The van der Waals surface area contributed by atoms with Crippen molar-refractivity contribution in [1.29, 1.82) is 0 Å². The highest BCUT2D eigenvalue weighted by atomic mass is 32.1. The monoisotopic (exact) mass is 744 g/mol.